The van der Waals surface area contributed by atoms with Crippen molar-refractivity contribution in [1.82, 2.24) is 0 Å². The Morgan fingerprint density at radius 2 is 2.00 bits per heavy atom. The number of hydrogen-bond donors (Lipinski definition) is 2. The lowest BCUT2D eigenvalue weighted by Crippen LogP contribution is -2.15. The predicted molar refractivity (Wildman–Crippen MR) is 88.7 cm³/mol. The monoisotopic (exact) mass is 368 g/mol. The molecular formula is C15H14BrClN2O2. The molecule has 0 aromatic heterocycles. The first-order valence-electron chi connectivity index (χ1n) is 6.29. The number of para-hydroxylation sites is 2. The second-order valence-corrected chi connectivity index (χ2v) is 5.49. The molecule has 0 heterocycles. The van der Waals surface area contributed by atoms with Crippen molar-refractivity contribution in [2.24, 2.45) is 0 Å². The number of halogens is 2. The molecule has 0 spiro atoms. The van der Waals surface area contributed by atoms with E-state index in [0.29, 0.717) is 26.6 Å². The number of carbonyl (C=O) groups excluding carboxylic acids is 1. The molecule has 0 unspecified atom stereocenters. The summed E-state index contributed by atoms with van der Waals surface area (Å²) in [6.07, 6.45) is 0.216. The molecular weight excluding hydrogens is 356 g/mol. The van der Waals surface area contributed by atoms with Crippen LogP contribution in [0.25, 0.3) is 0 Å². The minimum Gasteiger partial charge on any atom is -0.491 e. The van der Waals surface area contributed by atoms with Crippen LogP contribution in [0.4, 0.5) is 11.4 Å². The van der Waals surface area contributed by atoms with E-state index in [2.05, 4.69) is 21.2 Å². The number of amides is 1. The van der Waals surface area contributed by atoms with Crippen LogP contribution in [-0.2, 0) is 4.79 Å². The van der Waals surface area contributed by atoms with Gasteiger partial charge in [-0.3, -0.25) is 4.79 Å². The summed E-state index contributed by atoms with van der Waals surface area (Å²) < 4.78 is 6.14. The van der Waals surface area contributed by atoms with Gasteiger partial charge in [-0.25, -0.2) is 0 Å². The third-order valence-corrected chi connectivity index (χ3v) is 4.13. The average molecular weight is 370 g/mol. The molecule has 0 aliphatic heterocycles. The number of hydrogen-bond acceptors (Lipinski definition) is 3. The van der Waals surface area contributed by atoms with Gasteiger partial charge in [0.15, 0.2) is 0 Å². The molecule has 0 saturated heterocycles. The van der Waals surface area contributed by atoms with E-state index in [9.17, 15) is 4.79 Å². The minimum absolute atomic E-state index is 0.160. The van der Waals surface area contributed by atoms with Gasteiger partial charge in [0, 0.05) is 0 Å². The van der Waals surface area contributed by atoms with Crippen molar-refractivity contribution in [2.75, 3.05) is 17.7 Å². The molecule has 3 N–H and O–H groups in total. The molecule has 0 atom stereocenters. The van der Waals surface area contributed by atoms with Crippen molar-refractivity contribution in [3.05, 3.63) is 52.0 Å². The molecule has 0 bridgehead atoms. The topological polar surface area (TPSA) is 64.3 Å². The molecule has 110 valence electrons. The fourth-order valence-electron chi connectivity index (χ4n) is 1.68. The molecule has 6 heteroatoms. The van der Waals surface area contributed by atoms with Gasteiger partial charge in [0.25, 0.3) is 0 Å². The van der Waals surface area contributed by atoms with Crippen LogP contribution >= 0.6 is 27.5 Å². The fraction of sp³-hybridized carbons (Fsp3) is 0.133. The maximum atomic E-state index is 11.9. The van der Waals surface area contributed by atoms with E-state index in [-0.39, 0.29) is 18.9 Å². The first-order valence-corrected chi connectivity index (χ1v) is 7.46. The minimum atomic E-state index is -0.160. The highest BCUT2D eigenvalue weighted by Crippen LogP contribution is 2.30. The zero-order valence-corrected chi connectivity index (χ0v) is 13.4. The van der Waals surface area contributed by atoms with E-state index in [1.165, 1.54) is 0 Å². The van der Waals surface area contributed by atoms with Crippen LogP contribution in [0.15, 0.2) is 46.9 Å². The molecule has 0 aliphatic carbocycles. The highest BCUT2D eigenvalue weighted by Gasteiger charge is 2.08. The molecule has 0 fully saturated rings. The van der Waals surface area contributed by atoms with E-state index in [1.807, 2.05) is 12.1 Å². The Bertz CT molecular complexity index is 649. The number of ether oxygens (including phenoxy) is 1. The van der Waals surface area contributed by atoms with Crippen LogP contribution in [0.3, 0.4) is 0 Å². The van der Waals surface area contributed by atoms with E-state index >= 15 is 0 Å². The van der Waals surface area contributed by atoms with Gasteiger partial charge in [-0.1, -0.05) is 29.8 Å². The summed E-state index contributed by atoms with van der Waals surface area (Å²) in [5, 5.41) is 3.31. The molecule has 1 amide bonds. The molecule has 4 nitrogen and oxygen atoms in total. The van der Waals surface area contributed by atoms with E-state index < -0.39 is 0 Å². The summed E-state index contributed by atoms with van der Waals surface area (Å²) in [6.45, 7) is 0.248. The van der Waals surface area contributed by atoms with Crippen LogP contribution in [0, 0.1) is 0 Å². The lowest BCUT2D eigenvalue weighted by Gasteiger charge is -2.10. The normalized spacial score (nSPS) is 10.2. The van der Waals surface area contributed by atoms with Gasteiger partial charge in [0.05, 0.1) is 33.9 Å². The van der Waals surface area contributed by atoms with Gasteiger partial charge in [-0.05, 0) is 40.2 Å². The Hall–Kier alpha value is -1.72. The number of benzene rings is 2. The standard InChI is InChI=1S/C15H14BrClN2O2/c16-15-10(17)4-3-6-12(15)19-14(20)8-9-21-13-7-2-1-5-11(13)18/h1-7H,8-9,18H2,(H,19,20). The number of nitrogen functional groups attached to an aromatic ring is 1. The molecule has 2 aromatic carbocycles. The van der Waals surface area contributed by atoms with Crippen LogP contribution in [0.1, 0.15) is 6.42 Å². The van der Waals surface area contributed by atoms with Crippen LogP contribution in [0.2, 0.25) is 5.02 Å². The van der Waals surface area contributed by atoms with Gasteiger partial charge >= 0.3 is 0 Å². The van der Waals surface area contributed by atoms with Crippen molar-refractivity contribution in [1.29, 1.82) is 0 Å². The third-order valence-electron chi connectivity index (χ3n) is 2.73. The van der Waals surface area contributed by atoms with Crippen molar-refractivity contribution in [3.8, 4) is 5.75 Å². The fourth-order valence-corrected chi connectivity index (χ4v) is 2.22. The quantitative estimate of drug-likeness (QED) is 0.780. The Labute approximate surface area is 136 Å². The Kier molecular flexibility index (Phi) is 5.47. The Morgan fingerprint density at radius 1 is 1.24 bits per heavy atom. The van der Waals surface area contributed by atoms with Gasteiger partial charge < -0.3 is 15.8 Å². The van der Waals surface area contributed by atoms with E-state index in [4.69, 9.17) is 22.1 Å². The molecule has 2 aromatic rings. The maximum absolute atomic E-state index is 11.9. The highest BCUT2D eigenvalue weighted by molar-refractivity contribution is 9.10. The van der Waals surface area contributed by atoms with Crippen molar-refractivity contribution in [3.63, 3.8) is 0 Å². The third kappa shape index (κ3) is 4.37. The first-order chi connectivity index (χ1) is 10.1. The number of anilines is 2. The predicted octanol–water partition coefficient (Wildman–Crippen LogP) is 4.09. The van der Waals surface area contributed by atoms with Crippen LogP contribution in [-0.4, -0.2) is 12.5 Å². The van der Waals surface area contributed by atoms with Crippen LogP contribution in [0.5, 0.6) is 5.75 Å². The summed E-state index contributed by atoms with van der Waals surface area (Å²) in [5.41, 5.74) is 6.93. The number of nitrogens with one attached hydrogen (secondary N) is 1. The SMILES string of the molecule is Nc1ccccc1OCCC(=O)Nc1cccc(Cl)c1Br. The number of carbonyl (C=O) groups is 1. The van der Waals surface area contributed by atoms with Gasteiger partial charge in [-0.2, -0.15) is 0 Å². The van der Waals surface area contributed by atoms with E-state index in [1.54, 1.807) is 30.3 Å². The molecule has 0 aliphatic rings. The van der Waals surface area contributed by atoms with E-state index in [0.717, 1.165) is 0 Å². The second-order valence-electron chi connectivity index (χ2n) is 4.29. The largest absolute Gasteiger partial charge is 0.491 e. The van der Waals surface area contributed by atoms with Crippen molar-refractivity contribution in [2.45, 2.75) is 6.42 Å². The maximum Gasteiger partial charge on any atom is 0.227 e. The molecule has 0 radical (unpaired) electrons. The number of rotatable bonds is 5. The second kappa shape index (κ2) is 7.33. The average Bonchev–Trinajstić information content (AvgIpc) is 2.46. The summed E-state index contributed by atoms with van der Waals surface area (Å²) >= 11 is 9.29. The van der Waals surface area contributed by atoms with Gasteiger partial charge in [0.1, 0.15) is 5.75 Å². The summed E-state index contributed by atoms with van der Waals surface area (Å²) in [5.74, 6) is 0.418. The number of nitrogens with two attached hydrogens (primary N) is 1. The molecule has 21 heavy (non-hydrogen) atoms. The first kappa shape index (κ1) is 15.7. The van der Waals surface area contributed by atoms with Crippen molar-refractivity contribution >= 4 is 44.8 Å². The van der Waals surface area contributed by atoms with Crippen molar-refractivity contribution < 1.29 is 9.53 Å². The highest BCUT2D eigenvalue weighted by atomic mass is 79.9. The summed E-state index contributed by atoms with van der Waals surface area (Å²) in [4.78, 5) is 11.9. The molecule has 2 rings (SSSR count). The molecule has 0 saturated carbocycles. The summed E-state index contributed by atoms with van der Waals surface area (Å²) in [7, 11) is 0. The van der Waals surface area contributed by atoms with Crippen LogP contribution < -0.4 is 15.8 Å². The lowest BCUT2D eigenvalue weighted by molar-refractivity contribution is -0.116. The smallest absolute Gasteiger partial charge is 0.227 e. The lowest BCUT2D eigenvalue weighted by atomic mass is 10.3. The Balaban J connectivity index is 1.85. The van der Waals surface area contributed by atoms with Gasteiger partial charge in [-0.15, -0.1) is 0 Å². The zero-order chi connectivity index (χ0) is 15.2. The van der Waals surface area contributed by atoms with Gasteiger partial charge in [0.2, 0.25) is 5.91 Å². The zero-order valence-electron chi connectivity index (χ0n) is 11.1. The summed E-state index contributed by atoms with van der Waals surface area (Å²) in [6, 6.07) is 12.4. The Morgan fingerprint density at radius 3 is 2.76 bits per heavy atom.